The third kappa shape index (κ3) is 4.36. The maximum atomic E-state index is 10.4. The van der Waals surface area contributed by atoms with Gasteiger partial charge in [0.1, 0.15) is 5.88 Å². The summed E-state index contributed by atoms with van der Waals surface area (Å²) < 4.78 is 29.2. The summed E-state index contributed by atoms with van der Waals surface area (Å²) in [5, 5.41) is 2.62. The zero-order valence-corrected chi connectivity index (χ0v) is 8.71. The van der Waals surface area contributed by atoms with Crippen LogP contribution in [-0.2, 0) is 16.7 Å². The van der Waals surface area contributed by atoms with Gasteiger partial charge in [0, 0.05) is 6.54 Å². The van der Waals surface area contributed by atoms with Gasteiger partial charge in [-0.2, -0.15) is 8.42 Å². The summed E-state index contributed by atoms with van der Waals surface area (Å²) in [5.74, 6) is -0.416. The van der Waals surface area contributed by atoms with E-state index in [1.807, 2.05) is 31.2 Å². The maximum absolute atomic E-state index is 10.4. The Balaban J connectivity index is 2.43. The molecule has 0 fully saturated rings. The molecule has 0 atom stereocenters. The second-order valence-corrected chi connectivity index (χ2v) is 4.59. The summed E-state index contributed by atoms with van der Waals surface area (Å²) in [4.78, 5) is 0. The molecule has 0 aliphatic heterocycles. The molecule has 78 valence electrons. The highest BCUT2D eigenvalue weighted by molar-refractivity contribution is 7.85. The minimum absolute atomic E-state index is 0.416. The molecule has 0 amide bonds. The molecule has 0 bridgehead atoms. The second-order valence-electron chi connectivity index (χ2n) is 3.14. The fourth-order valence-electron chi connectivity index (χ4n) is 1.03. The Morgan fingerprint density at radius 1 is 1.29 bits per heavy atom. The molecule has 2 N–H and O–H groups in total. The first-order valence-electron chi connectivity index (χ1n) is 4.19. The van der Waals surface area contributed by atoms with Gasteiger partial charge < -0.3 is 0 Å². The molecule has 0 saturated heterocycles. The van der Waals surface area contributed by atoms with Crippen molar-refractivity contribution in [2.45, 2.75) is 13.5 Å². The first-order chi connectivity index (χ1) is 6.47. The van der Waals surface area contributed by atoms with Gasteiger partial charge in [-0.3, -0.25) is 9.87 Å². The van der Waals surface area contributed by atoms with Crippen molar-refractivity contribution in [3.8, 4) is 0 Å². The lowest BCUT2D eigenvalue weighted by molar-refractivity contribution is 0.476. The average molecular weight is 215 g/mol. The molecular weight excluding hydrogens is 202 g/mol. The van der Waals surface area contributed by atoms with Gasteiger partial charge in [-0.1, -0.05) is 29.8 Å². The molecule has 0 aliphatic rings. The number of nitrogens with one attached hydrogen (secondary N) is 1. The van der Waals surface area contributed by atoms with Crippen LogP contribution in [0.5, 0.6) is 0 Å². The van der Waals surface area contributed by atoms with E-state index in [4.69, 9.17) is 4.55 Å². The van der Waals surface area contributed by atoms with E-state index < -0.39 is 16.0 Å². The SMILES string of the molecule is Cc1ccc(CNCS(=O)(=O)O)cc1. The van der Waals surface area contributed by atoms with E-state index in [2.05, 4.69) is 5.32 Å². The molecule has 5 heteroatoms. The molecule has 0 radical (unpaired) electrons. The van der Waals surface area contributed by atoms with Gasteiger partial charge in [0.2, 0.25) is 0 Å². The van der Waals surface area contributed by atoms with Crippen LogP contribution < -0.4 is 5.32 Å². The summed E-state index contributed by atoms with van der Waals surface area (Å²) in [7, 11) is -3.91. The Kier molecular flexibility index (Phi) is 3.62. The van der Waals surface area contributed by atoms with Crippen LogP contribution >= 0.6 is 0 Å². The van der Waals surface area contributed by atoms with Crippen molar-refractivity contribution in [3.05, 3.63) is 35.4 Å². The first kappa shape index (κ1) is 11.2. The number of hydrogen-bond donors (Lipinski definition) is 2. The number of rotatable bonds is 4. The van der Waals surface area contributed by atoms with E-state index in [1.54, 1.807) is 0 Å². The van der Waals surface area contributed by atoms with Gasteiger partial charge in [-0.05, 0) is 12.5 Å². The third-order valence-corrected chi connectivity index (χ3v) is 2.30. The van der Waals surface area contributed by atoms with Crippen LogP contribution in [0.4, 0.5) is 0 Å². The zero-order chi connectivity index (χ0) is 10.6. The quantitative estimate of drug-likeness (QED) is 0.733. The van der Waals surface area contributed by atoms with Crippen molar-refractivity contribution in [3.63, 3.8) is 0 Å². The fourth-order valence-corrected chi connectivity index (χ4v) is 1.39. The van der Waals surface area contributed by atoms with Crippen LogP contribution in [0.2, 0.25) is 0 Å². The largest absolute Gasteiger partial charge is 0.298 e. The van der Waals surface area contributed by atoms with Crippen molar-refractivity contribution < 1.29 is 13.0 Å². The lowest BCUT2D eigenvalue weighted by atomic mass is 10.1. The van der Waals surface area contributed by atoms with E-state index in [-0.39, 0.29) is 0 Å². The molecule has 4 nitrogen and oxygen atoms in total. The maximum Gasteiger partial charge on any atom is 0.278 e. The average Bonchev–Trinajstić information content (AvgIpc) is 2.06. The Hall–Kier alpha value is -0.910. The summed E-state index contributed by atoms with van der Waals surface area (Å²) in [6, 6.07) is 7.72. The lowest BCUT2D eigenvalue weighted by Gasteiger charge is -2.02. The fraction of sp³-hybridized carbons (Fsp3) is 0.333. The molecule has 0 saturated carbocycles. The normalized spacial score (nSPS) is 11.6. The third-order valence-electron chi connectivity index (χ3n) is 1.73. The minimum atomic E-state index is -3.91. The lowest BCUT2D eigenvalue weighted by Crippen LogP contribution is -2.21. The monoisotopic (exact) mass is 215 g/mol. The Labute approximate surface area is 83.7 Å². The molecule has 14 heavy (non-hydrogen) atoms. The van der Waals surface area contributed by atoms with Gasteiger partial charge in [0.15, 0.2) is 0 Å². The van der Waals surface area contributed by atoms with Crippen LogP contribution in [0.25, 0.3) is 0 Å². The molecule has 1 rings (SSSR count). The van der Waals surface area contributed by atoms with Crippen LogP contribution in [-0.4, -0.2) is 18.8 Å². The topological polar surface area (TPSA) is 66.4 Å². The van der Waals surface area contributed by atoms with Crippen molar-refractivity contribution in [1.82, 2.24) is 5.32 Å². The highest BCUT2D eigenvalue weighted by Gasteiger charge is 2.02. The van der Waals surface area contributed by atoms with Crippen molar-refractivity contribution in [2.75, 3.05) is 5.88 Å². The molecule has 1 aromatic rings. The van der Waals surface area contributed by atoms with Gasteiger partial charge >= 0.3 is 0 Å². The molecule has 0 unspecified atom stereocenters. The Morgan fingerprint density at radius 3 is 2.36 bits per heavy atom. The number of benzene rings is 1. The molecule has 0 heterocycles. The van der Waals surface area contributed by atoms with Crippen LogP contribution in [0.1, 0.15) is 11.1 Å². The van der Waals surface area contributed by atoms with E-state index >= 15 is 0 Å². The van der Waals surface area contributed by atoms with Crippen LogP contribution in [0.3, 0.4) is 0 Å². The van der Waals surface area contributed by atoms with E-state index in [9.17, 15) is 8.42 Å². The molecule has 0 aliphatic carbocycles. The van der Waals surface area contributed by atoms with Gasteiger partial charge in [0.05, 0.1) is 0 Å². The molecule has 1 aromatic carbocycles. The van der Waals surface area contributed by atoms with Gasteiger partial charge in [-0.15, -0.1) is 0 Å². The second kappa shape index (κ2) is 4.54. The van der Waals surface area contributed by atoms with Crippen LogP contribution in [0.15, 0.2) is 24.3 Å². The Bertz CT molecular complexity index is 383. The standard InChI is InChI=1S/C9H13NO3S/c1-8-2-4-9(5-3-8)6-10-7-14(11,12)13/h2-5,10H,6-7H2,1H3,(H,11,12,13). The van der Waals surface area contributed by atoms with Crippen LogP contribution in [0, 0.1) is 6.92 Å². The zero-order valence-electron chi connectivity index (χ0n) is 7.90. The molecule has 0 aromatic heterocycles. The van der Waals surface area contributed by atoms with Gasteiger partial charge in [-0.25, -0.2) is 0 Å². The highest BCUT2D eigenvalue weighted by Crippen LogP contribution is 2.02. The van der Waals surface area contributed by atoms with Crippen molar-refractivity contribution in [1.29, 1.82) is 0 Å². The Morgan fingerprint density at radius 2 is 1.86 bits per heavy atom. The van der Waals surface area contributed by atoms with E-state index in [0.29, 0.717) is 6.54 Å². The van der Waals surface area contributed by atoms with Crippen molar-refractivity contribution in [2.24, 2.45) is 0 Å². The summed E-state index contributed by atoms with van der Waals surface area (Å²) in [5.41, 5.74) is 2.14. The predicted octanol–water partition coefficient (Wildman–Crippen LogP) is 0.930. The minimum Gasteiger partial charge on any atom is -0.298 e. The molecule has 0 spiro atoms. The first-order valence-corrected chi connectivity index (χ1v) is 5.80. The smallest absolute Gasteiger partial charge is 0.278 e. The van der Waals surface area contributed by atoms with Crippen molar-refractivity contribution >= 4 is 10.1 Å². The number of hydrogen-bond acceptors (Lipinski definition) is 3. The van der Waals surface area contributed by atoms with E-state index in [1.165, 1.54) is 0 Å². The number of aryl methyl sites for hydroxylation is 1. The summed E-state index contributed by atoms with van der Waals surface area (Å²) in [6.45, 7) is 2.41. The summed E-state index contributed by atoms with van der Waals surface area (Å²) in [6.07, 6.45) is 0. The summed E-state index contributed by atoms with van der Waals surface area (Å²) >= 11 is 0. The van der Waals surface area contributed by atoms with Gasteiger partial charge in [0.25, 0.3) is 10.1 Å². The molecular formula is C9H13NO3S. The van der Waals surface area contributed by atoms with E-state index in [0.717, 1.165) is 11.1 Å². The predicted molar refractivity (Wildman–Crippen MR) is 54.4 cm³/mol. The highest BCUT2D eigenvalue weighted by atomic mass is 32.2.